The van der Waals surface area contributed by atoms with Crippen molar-refractivity contribution >= 4 is 21.8 Å². The molecule has 0 aromatic heterocycles. The Balaban J connectivity index is 2.55. The van der Waals surface area contributed by atoms with Crippen LogP contribution in [0.5, 0.6) is 0 Å². The van der Waals surface area contributed by atoms with Crippen LogP contribution in [0.1, 0.15) is 12.5 Å². The minimum absolute atomic E-state index is 0.171. The minimum atomic E-state index is -0.328. The summed E-state index contributed by atoms with van der Waals surface area (Å²) in [6.07, 6.45) is 6.60. The van der Waals surface area contributed by atoms with Crippen molar-refractivity contribution in [2.24, 2.45) is 0 Å². The van der Waals surface area contributed by atoms with Gasteiger partial charge in [0.1, 0.15) is 5.82 Å². The molecule has 0 atom stereocenters. The van der Waals surface area contributed by atoms with Crippen LogP contribution in [0.2, 0.25) is 0 Å². The van der Waals surface area contributed by atoms with E-state index in [-0.39, 0.29) is 18.3 Å². The van der Waals surface area contributed by atoms with Crippen molar-refractivity contribution in [3.8, 4) is 0 Å². The molecule has 0 spiro atoms. The van der Waals surface area contributed by atoms with Crippen LogP contribution in [0, 0.1) is 5.82 Å². The summed E-state index contributed by atoms with van der Waals surface area (Å²) in [5.41, 5.74) is 0.451. The second-order valence-electron chi connectivity index (χ2n) is 3.34. The highest BCUT2D eigenvalue weighted by Gasteiger charge is 2.03. The maximum Gasteiger partial charge on any atom is 0.244 e. The maximum absolute atomic E-state index is 13.3. The first-order valence-corrected chi connectivity index (χ1v) is 5.94. The van der Waals surface area contributed by atoms with Gasteiger partial charge in [-0.1, -0.05) is 34.2 Å². The Morgan fingerprint density at radius 2 is 2.24 bits per heavy atom. The fourth-order valence-corrected chi connectivity index (χ4v) is 1.58. The van der Waals surface area contributed by atoms with E-state index in [1.54, 1.807) is 24.3 Å². The predicted octanol–water partition coefficient (Wildman–Crippen LogP) is 3.34. The lowest BCUT2D eigenvalue weighted by molar-refractivity contribution is -0.116. The molecule has 17 heavy (non-hydrogen) atoms. The van der Waals surface area contributed by atoms with Crippen LogP contribution in [0.15, 0.2) is 47.0 Å². The number of rotatable bonds is 4. The molecular weight excluding hydrogens is 285 g/mol. The van der Waals surface area contributed by atoms with Crippen LogP contribution < -0.4 is 5.32 Å². The summed E-state index contributed by atoms with van der Waals surface area (Å²) < 4.78 is 14.1. The fourth-order valence-electron chi connectivity index (χ4n) is 1.17. The Bertz CT molecular complexity index is 455. The number of halogens is 2. The van der Waals surface area contributed by atoms with E-state index in [0.29, 0.717) is 5.56 Å². The predicted molar refractivity (Wildman–Crippen MR) is 69.9 cm³/mol. The van der Waals surface area contributed by atoms with Crippen molar-refractivity contribution in [2.75, 3.05) is 0 Å². The number of carbonyl (C=O) groups excluding carboxylic acids is 1. The molecule has 1 aromatic rings. The average molecular weight is 298 g/mol. The highest BCUT2D eigenvalue weighted by molar-refractivity contribution is 9.10. The van der Waals surface area contributed by atoms with Crippen LogP contribution in [0.4, 0.5) is 4.39 Å². The van der Waals surface area contributed by atoms with E-state index in [1.165, 1.54) is 12.1 Å². The molecule has 0 radical (unpaired) electrons. The zero-order chi connectivity index (χ0) is 12.7. The van der Waals surface area contributed by atoms with E-state index in [2.05, 4.69) is 21.2 Å². The Kier molecular flexibility index (Phi) is 5.63. The van der Waals surface area contributed by atoms with Crippen LogP contribution in [0.25, 0.3) is 0 Å². The zero-order valence-electron chi connectivity index (χ0n) is 9.41. The van der Waals surface area contributed by atoms with Crippen molar-refractivity contribution in [3.63, 3.8) is 0 Å². The molecule has 4 heteroatoms. The lowest BCUT2D eigenvalue weighted by atomic mass is 10.2. The summed E-state index contributed by atoms with van der Waals surface area (Å²) >= 11 is 3.25. The van der Waals surface area contributed by atoms with Gasteiger partial charge in [-0.25, -0.2) is 4.39 Å². The third-order valence-corrected chi connectivity index (χ3v) is 2.51. The third kappa shape index (κ3) is 4.95. The second kappa shape index (κ2) is 7.01. The van der Waals surface area contributed by atoms with Crippen LogP contribution in [0.3, 0.4) is 0 Å². The number of nitrogens with one attached hydrogen (secondary N) is 1. The van der Waals surface area contributed by atoms with Gasteiger partial charge in [0.05, 0.1) is 0 Å². The lowest BCUT2D eigenvalue weighted by Crippen LogP contribution is -2.20. The molecule has 1 aromatic carbocycles. The maximum atomic E-state index is 13.3. The molecule has 2 nitrogen and oxygen atoms in total. The molecule has 0 bridgehead atoms. The first-order chi connectivity index (χ1) is 8.13. The molecular formula is C13H13BrFNO. The van der Waals surface area contributed by atoms with Gasteiger partial charge >= 0.3 is 0 Å². The van der Waals surface area contributed by atoms with Crippen molar-refractivity contribution in [1.82, 2.24) is 5.32 Å². The van der Waals surface area contributed by atoms with Crippen LogP contribution >= 0.6 is 15.9 Å². The lowest BCUT2D eigenvalue weighted by Gasteiger charge is -2.04. The topological polar surface area (TPSA) is 29.1 Å². The monoisotopic (exact) mass is 297 g/mol. The van der Waals surface area contributed by atoms with Crippen molar-refractivity contribution in [2.45, 2.75) is 13.5 Å². The highest BCUT2D eigenvalue weighted by atomic mass is 79.9. The van der Waals surface area contributed by atoms with E-state index < -0.39 is 0 Å². The number of hydrogen-bond acceptors (Lipinski definition) is 1. The van der Waals surface area contributed by atoms with Gasteiger partial charge in [-0.2, -0.15) is 0 Å². The molecule has 0 aliphatic heterocycles. The Morgan fingerprint density at radius 1 is 1.47 bits per heavy atom. The molecule has 0 aliphatic rings. The molecule has 1 rings (SSSR count). The highest BCUT2D eigenvalue weighted by Crippen LogP contribution is 2.15. The Labute approximate surface area is 108 Å². The van der Waals surface area contributed by atoms with Gasteiger partial charge < -0.3 is 5.32 Å². The molecule has 0 saturated heterocycles. The molecule has 1 amide bonds. The molecule has 90 valence electrons. The fraction of sp³-hybridized carbons (Fsp3) is 0.154. The van der Waals surface area contributed by atoms with Crippen LogP contribution in [-0.4, -0.2) is 5.91 Å². The van der Waals surface area contributed by atoms with E-state index in [4.69, 9.17) is 0 Å². The number of hydrogen-bond donors (Lipinski definition) is 1. The van der Waals surface area contributed by atoms with Gasteiger partial charge in [0.25, 0.3) is 0 Å². The van der Waals surface area contributed by atoms with Crippen molar-refractivity contribution < 1.29 is 9.18 Å². The minimum Gasteiger partial charge on any atom is -0.348 e. The summed E-state index contributed by atoms with van der Waals surface area (Å²) in [7, 11) is 0. The number of benzene rings is 1. The Morgan fingerprint density at radius 3 is 2.94 bits per heavy atom. The van der Waals surface area contributed by atoms with Gasteiger partial charge in [-0.15, -0.1) is 0 Å². The molecule has 0 saturated carbocycles. The first kappa shape index (κ1) is 13.6. The normalized spacial score (nSPS) is 11.2. The Hall–Kier alpha value is -1.42. The molecule has 0 heterocycles. The quantitative estimate of drug-likeness (QED) is 0.670. The van der Waals surface area contributed by atoms with E-state index in [0.717, 1.165) is 4.47 Å². The molecule has 0 unspecified atom stereocenters. The summed E-state index contributed by atoms with van der Waals surface area (Å²) in [4.78, 5) is 11.3. The SMILES string of the molecule is C/C=C/C=C/C(=O)NCc1cc(Br)ccc1F. The molecule has 0 aliphatic carbocycles. The van der Waals surface area contributed by atoms with Gasteiger partial charge in [-0.3, -0.25) is 4.79 Å². The summed E-state index contributed by atoms with van der Waals surface area (Å²) in [6.45, 7) is 2.03. The van der Waals surface area contributed by atoms with Crippen molar-refractivity contribution in [1.29, 1.82) is 0 Å². The van der Waals surface area contributed by atoms with Crippen LogP contribution in [-0.2, 0) is 11.3 Å². The van der Waals surface area contributed by atoms with Gasteiger partial charge in [0.15, 0.2) is 0 Å². The largest absolute Gasteiger partial charge is 0.348 e. The van der Waals surface area contributed by atoms with E-state index >= 15 is 0 Å². The third-order valence-electron chi connectivity index (χ3n) is 2.01. The van der Waals surface area contributed by atoms with Gasteiger partial charge in [0.2, 0.25) is 5.91 Å². The van der Waals surface area contributed by atoms with Crippen molar-refractivity contribution in [3.05, 3.63) is 58.4 Å². The summed E-state index contributed by atoms with van der Waals surface area (Å²) in [5.74, 6) is -0.576. The molecule has 1 N–H and O–H groups in total. The number of amides is 1. The zero-order valence-corrected chi connectivity index (χ0v) is 11.0. The average Bonchev–Trinajstić information content (AvgIpc) is 2.31. The molecule has 0 fully saturated rings. The number of carbonyl (C=O) groups is 1. The first-order valence-electron chi connectivity index (χ1n) is 5.14. The number of allylic oxidation sites excluding steroid dienone is 3. The van der Waals surface area contributed by atoms with Gasteiger partial charge in [-0.05, 0) is 25.1 Å². The smallest absolute Gasteiger partial charge is 0.244 e. The standard InChI is InChI=1S/C13H13BrFNO/c1-2-3-4-5-13(17)16-9-10-8-11(14)6-7-12(10)15/h2-8H,9H2,1H3,(H,16,17)/b3-2+,5-4+. The van der Waals surface area contributed by atoms with E-state index in [1.807, 2.05) is 13.0 Å². The van der Waals surface area contributed by atoms with Gasteiger partial charge in [0, 0.05) is 22.7 Å². The second-order valence-corrected chi connectivity index (χ2v) is 4.25. The summed E-state index contributed by atoms with van der Waals surface area (Å²) in [6, 6.07) is 4.62. The van der Waals surface area contributed by atoms with E-state index in [9.17, 15) is 9.18 Å². The summed E-state index contributed by atoms with van der Waals surface area (Å²) in [5, 5.41) is 2.61.